The van der Waals surface area contributed by atoms with Crippen molar-refractivity contribution in [2.45, 2.75) is 27.2 Å². The molecule has 0 atom stereocenters. The van der Waals surface area contributed by atoms with Gasteiger partial charge in [-0.3, -0.25) is 4.79 Å². The van der Waals surface area contributed by atoms with Crippen molar-refractivity contribution in [3.8, 4) is 0 Å². The van der Waals surface area contributed by atoms with Gasteiger partial charge in [-0.2, -0.15) is 0 Å². The Morgan fingerprint density at radius 1 is 1.41 bits per heavy atom. The van der Waals surface area contributed by atoms with E-state index in [4.69, 9.17) is 9.26 Å². The molecule has 3 amide bonds. The Hall–Kier alpha value is -2.09. The van der Waals surface area contributed by atoms with Gasteiger partial charge in [0.1, 0.15) is 12.3 Å². The summed E-state index contributed by atoms with van der Waals surface area (Å²) in [4.78, 5) is 25.4. The highest BCUT2D eigenvalue weighted by Gasteiger charge is 2.17. The highest BCUT2D eigenvalue weighted by Crippen LogP contribution is 2.07. The van der Waals surface area contributed by atoms with Crippen molar-refractivity contribution in [1.82, 2.24) is 15.4 Å². The Morgan fingerprint density at radius 3 is 2.77 bits per heavy atom. The smallest absolute Gasteiger partial charge is 0.317 e. The highest BCUT2D eigenvalue weighted by atomic mass is 16.5. The van der Waals surface area contributed by atoms with Gasteiger partial charge in [-0.1, -0.05) is 5.16 Å². The number of aromatic nitrogens is 1. The van der Waals surface area contributed by atoms with Crippen LogP contribution in [0.4, 0.5) is 10.6 Å². The molecule has 0 fully saturated rings. The van der Waals surface area contributed by atoms with Crippen LogP contribution in [0.2, 0.25) is 0 Å². The summed E-state index contributed by atoms with van der Waals surface area (Å²) >= 11 is 0. The zero-order valence-corrected chi connectivity index (χ0v) is 13.3. The zero-order valence-electron chi connectivity index (χ0n) is 13.3. The monoisotopic (exact) mass is 312 g/mol. The fraction of sp³-hybridized carbons (Fsp3) is 0.643. The molecule has 0 spiro atoms. The molecule has 0 bridgehead atoms. The second-order valence-electron chi connectivity index (χ2n) is 4.68. The predicted octanol–water partition coefficient (Wildman–Crippen LogP) is 1.38. The maximum atomic E-state index is 12.0. The third-order valence-corrected chi connectivity index (χ3v) is 2.77. The van der Waals surface area contributed by atoms with Crippen molar-refractivity contribution in [3.63, 3.8) is 0 Å². The number of nitrogens with zero attached hydrogens (tertiary/aromatic N) is 2. The van der Waals surface area contributed by atoms with Crippen LogP contribution >= 0.6 is 0 Å². The number of aryl methyl sites for hydroxylation is 1. The van der Waals surface area contributed by atoms with Crippen LogP contribution in [0.15, 0.2) is 10.6 Å². The summed E-state index contributed by atoms with van der Waals surface area (Å²) in [6.07, 6.45) is 0.668. The Labute approximate surface area is 130 Å². The second-order valence-corrected chi connectivity index (χ2v) is 4.68. The summed E-state index contributed by atoms with van der Waals surface area (Å²) in [5, 5.41) is 8.97. The van der Waals surface area contributed by atoms with Gasteiger partial charge in [0.25, 0.3) is 0 Å². The van der Waals surface area contributed by atoms with Gasteiger partial charge in [-0.25, -0.2) is 4.79 Å². The normalized spacial score (nSPS) is 10.3. The summed E-state index contributed by atoms with van der Waals surface area (Å²) in [7, 11) is 0. The maximum absolute atomic E-state index is 12.0. The molecule has 0 aromatic carbocycles. The molecule has 1 heterocycles. The number of ether oxygens (including phenoxy) is 1. The lowest BCUT2D eigenvalue weighted by molar-refractivity contribution is -0.116. The first kappa shape index (κ1) is 18.0. The second kappa shape index (κ2) is 9.78. The first-order valence-electron chi connectivity index (χ1n) is 7.40. The van der Waals surface area contributed by atoms with Gasteiger partial charge in [-0.15, -0.1) is 0 Å². The molecule has 1 rings (SSSR count). The highest BCUT2D eigenvalue weighted by molar-refractivity contribution is 5.93. The van der Waals surface area contributed by atoms with E-state index in [1.165, 1.54) is 4.90 Å². The number of rotatable bonds is 9. The quantitative estimate of drug-likeness (QED) is 0.671. The molecule has 0 unspecified atom stereocenters. The lowest BCUT2D eigenvalue weighted by atomic mass is 10.4. The van der Waals surface area contributed by atoms with E-state index in [1.54, 1.807) is 13.0 Å². The number of amides is 3. The van der Waals surface area contributed by atoms with Gasteiger partial charge >= 0.3 is 6.03 Å². The minimum atomic E-state index is -0.323. The minimum absolute atomic E-state index is 0.0517. The van der Waals surface area contributed by atoms with E-state index in [0.717, 1.165) is 0 Å². The van der Waals surface area contributed by atoms with E-state index in [9.17, 15) is 9.59 Å². The van der Waals surface area contributed by atoms with Gasteiger partial charge in [0.15, 0.2) is 5.82 Å². The number of carbonyl (C=O) groups excluding carboxylic acids is 2. The SMILES string of the molecule is CCNC(=O)N(CCCOCC)CC(=O)Nc1cc(C)on1. The molecule has 22 heavy (non-hydrogen) atoms. The lowest BCUT2D eigenvalue weighted by Gasteiger charge is -2.22. The first-order chi connectivity index (χ1) is 10.6. The van der Waals surface area contributed by atoms with E-state index in [0.29, 0.717) is 44.3 Å². The standard InChI is InChI=1S/C14H24N4O4/c1-4-15-14(20)18(7-6-8-21-5-2)10-13(19)16-12-9-11(3)22-17-12/h9H,4-8,10H2,1-3H3,(H,15,20)(H,16,17,19). The average molecular weight is 312 g/mol. The average Bonchev–Trinajstić information content (AvgIpc) is 2.87. The van der Waals surface area contributed by atoms with Crippen LogP contribution in [0.3, 0.4) is 0 Å². The molecule has 0 saturated heterocycles. The molecule has 124 valence electrons. The molecule has 8 nitrogen and oxygen atoms in total. The first-order valence-corrected chi connectivity index (χ1v) is 7.40. The van der Waals surface area contributed by atoms with Crippen LogP contribution in [0.5, 0.6) is 0 Å². The largest absolute Gasteiger partial charge is 0.382 e. The zero-order chi connectivity index (χ0) is 16.4. The summed E-state index contributed by atoms with van der Waals surface area (Å²) in [5.74, 6) is 0.622. The van der Waals surface area contributed by atoms with Crippen LogP contribution in [0.1, 0.15) is 26.0 Å². The predicted molar refractivity (Wildman–Crippen MR) is 81.6 cm³/mol. The van der Waals surface area contributed by atoms with Crippen molar-refractivity contribution in [3.05, 3.63) is 11.8 Å². The van der Waals surface area contributed by atoms with Crippen LogP contribution in [-0.2, 0) is 9.53 Å². The maximum Gasteiger partial charge on any atom is 0.317 e. The van der Waals surface area contributed by atoms with E-state index in [2.05, 4.69) is 15.8 Å². The molecule has 8 heteroatoms. The Bertz CT molecular complexity index is 475. The molecular formula is C14H24N4O4. The Morgan fingerprint density at radius 2 is 2.18 bits per heavy atom. The van der Waals surface area contributed by atoms with Gasteiger partial charge in [-0.05, 0) is 27.2 Å². The van der Waals surface area contributed by atoms with Crippen LogP contribution in [-0.4, -0.2) is 54.8 Å². The van der Waals surface area contributed by atoms with E-state index in [-0.39, 0.29) is 18.5 Å². The minimum Gasteiger partial charge on any atom is -0.382 e. The fourth-order valence-corrected chi connectivity index (χ4v) is 1.80. The van der Waals surface area contributed by atoms with Crippen molar-refractivity contribution < 1.29 is 18.8 Å². The third kappa shape index (κ3) is 6.57. The molecule has 0 saturated carbocycles. The number of hydrogen-bond acceptors (Lipinski definition) is 5. The number of anilines is 1. The Balaban J connectivity index is 2.50. The van der Waals surface area contributed by atoms with Gasteiger partial charge in [0, 0.05) is 32.4 Å². The molecule has 0 radical (unpaired) electrons. The van der Waals surface area contributed by atoms with E-state index >= 15 is 0 Å². The van der Waals surface area contributed by atoms with Crippen molar-refractivity contribution in [2.24, 2.45) is 0 Å². The number of urea groups is 1. The number of carbonyl (C=O) groups is 2. The van der Waals surface area contributed by atoms with Gasteiger partial charge in [0.05, 0.1) is 0 Å². The van der Waals surface area contributed by atoms with E-state index < -0.39 is 0 Å². The van der Waals surface area contributed by atoms with Crippen LogP contribution < -0.4 is 10.6 Å². The third-order valence-electron chi connectivity index (χ3n) is 2.77. The van der Waals surface area contributed by atoms with Crippen molar-refractivity contribution >= 4 is 17.8 Å². The van der Waals surface area contributed by atoms with Crippen molar-refractivity contribution in [2.75, 3.05) is 38.2 Å². The molecule has 0 aliphatic carbocycles. The van der Waals surface area contributed by atoms with Crippen LogP contribution in [0, 0.1) is 6.92 Å². The van der Waals surface area contributed by atoms with E-state index in [1.807, 2.05) is 13.8 Å². The molecule has 0 aliphatic heterocycles. The van der Waals surface area contributed by atoms with Crippen molar-refractivity contribution in [1.29, 1.82) is 0 Å². The van der Waals surface area contributed by atoms with Crippen LogP contribution in [0.25, 0.3) is 0 Å². The molecular weight excluding hydrogens is 288 g/mol. The van der Waals surface area contributed by atoms with Gasteiger partial charge in [0.2, 0.25) is 5.91 Å². The topological polar surface area (TPSA) is 96.7 Å². The Kier molecular flexibility index (Phi) is 7.98. The number of hydrogen-bond donors (Lipinski definition) is 2. The summed E-state index contributed by atoms with van der Waals surface area (Å²) in [6.45, 7) is 7.55. The molecule has 2 N–H and O–H groups in total. The summed E-state index contributed by atoms with van der Waals surface area (Å²) in [6, 6.07) is 1.34. The lowest BCUT2D eigenvalue weighted by Crippen LogP contribution is -2.44. The van der Waals surface area contributed by atoms with Gasteiger partial charge < -0.3 is 24.8 Å². The summed E-state index contributed by atoms with van der Waals surface area (Å²) < 4.78 is 10.1. The fourth-order valence-electron chi connectivity index (χ4n) is 1.80. The molecule has 0 aliphatic rings. The molecule has 1 aromatic heterocycles. The summed E-state index contributed by atoms with van der Waals surface area (Å²) in [5.41, 5.74) is 0. The molecule has 1 aromatic rings. The number of nitrogens with one attached hydrogen (secondary N) is 2.